The fraction of sp³-hybridized carbons (Fsp3) is 0.250. The van der Waals surface area contributed by atoms with E-state index in [0.717, 1.165) is 16.2 Å². The maximum atomic E-state index is 12.5. The van der Waals surface area contributed by atoms with Crippen molar-refractivity contribution in [2.45, 2.75) is 6.10 Å². The second-order valence-corrected chi connectivity index (χ2v) is 6.09. The molecule has 1 fully saturated rings. The number of amides is 1. The first-order valence-electron chi connectivity index (χ1n) is 7.34. The number of aromatic nitrogens is 2. The summed E-state index contributed by atoms with van der Waals surface area (Å²) in [6.07, 6.45) is 1.29. The number of rotatable bonds is 3. The lowest BCUT2D eigenvalue weighted by Gasteiger charge is -2.22. The molecule has 1 atom stereocenters. The Bertz CT molecular complexity index is 822. The third-order valence-electron chi connectivity index (χ3n) is 3.63. The number of nitrogens with one attached hydrogen (secondary N) is 1. The Hall–Kier alpha value is -2.22. The summed E-state index contributed by atoms with van der Waals surface area (Å²) in [5.41, 5.74) is 1.54. The van der Waals surface area contributed by atoms with Gasteiger partial charge in [0.25, 0.3) is 5.91 Å². The van der Waals surface area contributed by atoms with E-state index in [1.165, 1.54) is 0 Å². The molecule has 1 aliphatic rings. The Labute approximate surface area is 136 Å². The quantitative estimate of drug-likeness (QED) is 0.801. The Morgan fingerprint density at radius 3 is 3.04 bits per heavy atom. The summed E-state index contributed by atoms with van der Waals surface area (Å²) in [4.78, 5) is 18.1. The third kappa shape index (κ3) is 2.74. The number of carbonyl (C=O) groups is 1. The molecule has 4 rings (SSSR count). The van der Waals surface area contributed by atoms with Crippen LogP contribution >= 0.6 is 11.3 Å². The van der Waals surface area contributed by atoms with E-state index in [2.05, 4.69) is 10.3 Å². The maximum absolute atomic E-state index is 12.5. The van der Waals surface area contributed by atoms with Crippen molar-refractivity contribution in [3.8, 4) is 10.6 Å². The second kappa shape index (κ2) is 6.11. The first-order chi connectivity index (χ1) is 11.3. The summed E-state index contributed by atoms with van der Waals surface area (Å²) in [6, 6.07) is 9.69. The average molecular weight is 329 g/mol. The molecule has 3 aromatic heterocycles. The number of hydrogen-bond donors (Lipinski definition) is 1. The Kier molecular flexibility index (Phi) is 3.82. The van der Waals surface area contributed by atoms with Crippen LogP contribution in [0.3, 0.4) is 0 Å². The highest BCUT2D eigenvalue weighted by Gasteiger charge is 2.25. The molecule has 6 nitrogen and oxygen atoms in total. The first-order valence-corrected chi connectivity index (χ1v) is 8.22. The molecule has 0 bridgehead atoms. The zero-order valence-electron chi connectivity index (χ0n) is 12.3. The number of imidazole rings is 1. The first kappa shape index (κ1) is 14.4. The lowest BCUT2D eigenvalue weighted by molar-refractivity contribution is -0.142. The van der Waals surface area contributed by atoms with Gasteiger partial charge in [-0.1, -0.05) is 12.1 Å². The third-order valence-corrected chi connectivity index (χ3v) is 4.51. The summed E-state index contributed by atoms with van der Waals surface area (Å²) in [5, 5.41) is 4.94. The van der Waals surface area contributed by atoms with Crippen LogP contribution in [0.2, 0.25) is 0 Å². The number of hydrogen-bond acceptors (Lipinski definition) is 5. The van der Waals surface area contributed by atoms with E-state index in [-0.39, 0.29) is 12.5 Å². The van der Waals surface area contributed by atoms with Crippen molar-refractivity contribution in [2.24, 2.45) is 0 Å². The van der Waals surface area contributed by atoms with Gasteiger partial charge < -0.3 is 14.8 Å². The minimum absolute atomic E-state index is 0.215. The highest BCUT2D eigenvalue weighted by Crippen LogP contribution is 2.32. The summed E-state index contributed by atoms with van der Waals surface area (Å²) >= 11 is 1.59. The van der Waals surface area contributed by atoms with E-state index < -0.39 is 6.10 Å². The number of fused-ring (bicyclic) bond motifs is 1. The Morgan fingerprint density at radius 2 is 2.26 bits per heavy atom. The fourth-order valence-electron chi connectivity index (χ4n) is 2.54. The molecular formula is C16H15N3O3S. The molecular weight excluding hydrogens is 314 g/mol. The molecule has 1 aliphatic heterocycles. The van der Waals surface area contributed by atoms with Gasteiger partial charge in [0, 0.05) is 6.20 Å². The van der Waals surface area contributed by atoms with E-state index >= 15 is 0 Å². The number of thiophene rings is 1. The number of ether oxygens (including phenoxy) is 2. The number of pyridine rings is 1. The zero-order chi connectivity index (χ0) is 15.6. The summed E-state index contributed by atoms with van der Waals surface area (Å²) in [6.45, 7) is 1.24. The molecule has 3 aromatic rings. The molecule has 0 aliphatic carbocycles. The van der Waals surface area contributed by atoms with Gasteiger partial charge in [0.05, 0.1) is 24.7 Å². The molecule has 4 heterocycles. The maximum Gasteiger partial charge on any atom is 0.257 e. The van der Waals surface area contributed by atoms with Gasteiger partial charge in [0.2, 0.25) is 0 Å². The molecule has 7 heteroatoms. The standard InChI is InChI=1S/C16H15N3O3S/c20-16(11-10-21-7-8-22-11)18-15-14(12-4-3-9-23-12)17-13-5-1-2-6-19(13)15/h1-6,9,11H,7-8,10H2,(H,18,20). The second-order valence-electron chi connectivity index (χ2n) is 5.14. The molecule has 0 radical (unpaired) electrons. The van der Waals surface area contributed by atoms with Crippen molar-refractivity contribution in [3.05, 3.63) is 41.9 Å². The topological polar surface area (TPSA) is 64.9 Å². The van der Waals surface area contributed by atoms with Crippen LogP contribution in [-0.4, -0.2) is 41.2 Å². The Morgan fingerprint density at radius 1 is 1.30 bits per heavy atom. The van der Waals surface area contributed by atoms with Gasteiger partial charge in [0.15, 0.2) is 6.10 Å². The van der Waals surface area contributed by atoms with Gasteiger partial charge in [-0.25, -0.2) is 4.98 Å². The molecule has 1 saturated heterocycles. The van der Waals surface area contributed by atoms with Crippen molar-refractivity contribution >= 4 is 28.7 Å². The summed E-state index contributed by atoms with van der Waals surface area (Å²) in [7, 11) is 0. The van der Waals surface area contributed by atoms with Crippen LogP contribution in [0.25, 0.3) is 16.2 Å². The molecule has 1 unspecified atom stereocenters. The molecule has 0 aromatic carbocycles. The van der Waals surface area contributed by atoms with E-state index in [9.17, 15) is 4.79 Å². The SMILES string of the molecule is O=C(Nc1c(-c2cccs2)nc2ccccn12)C1COCCO1. The van der Waals surface area contributed by atoms with Crippen molar-refractivity contribution in [1.82, 2.24) is 9.38 Å². The van der Waals surface area contributed by atoms with Crippen molar-refractivity contribution < 1.29 is 14.3 Å². The molecule has 23 heavy (non-hydrogen) atoms. The van der Waals surface area contributed by atoms with Crippen LogP contribution in [0.4, 0.5) is 5.82 Å². The predicted octanol–water partition coefficient (Wildman–Crippen LogP) is 2.42. The van der Waals surface area contributed by atoms with Crippen LogP contribution in [0, 0.1) is 0 Å². The van der Waals surface area contributed by atoms with Crippen LogP contribution in [0.15, 0.2) is 41.9 Å². The van der Waals surface area contributed by atoms with Gasteiger partial charge in [0.1, 0.15) is 17.2 Å². The van der Waals surface area contributed by atoms with Crippen molar-refractivity contribution in [2.75, 3.05) is 25.1 Å². The average Bonchev–Trinajstić information content (AvgIpc) is 3.24. The predicted molar refractivity (Wildman–Crippen MR) is 87.7 cm³/mol. The van der Waals surface area contributed by atoms with Gasteiger partial charge in [-0.05, 0) is 23.6 Å². The van der Waals surface area contributed by atoms with Crippen LogP contribution < -0.4 is 5.32 Å². The molecule has 1 N–H and O–H groups in total. The van der Waals surface area contributed by atoms with E-state index in [1.54, 1.807) is 11.3 Å². The van der Waals surface area contributed by atoms with Gasteiger partial charge >= 0.3 is 0 Å². The van der Waals surface area contributed by atoms with Gasteiger partial charge in [-0.3, -0.25) is 9.20 Å². The lowest BCUT2D eigenvalue weighted by atomic mass is 10.3. The lowest BCUT2D eigenvalue weighted by Crippen LogP contribution is -2.39. The number of anilines is 1. The molecule has 118 valence electrons. The van der Waals surface area contributed by atoms with Crippen LogP contribution in [0.5, 0.6) is 0 Å². The van der Waals surface area contributed by atoms with E-state index in [1.807, 2.05) is 46.3 Å². The van der Waals surface area contributed by atoms with Crippen LogP contribution in [0.1, 0.15) is 0 Å². The largest absolute Gasteiger partial charge is 0.376 e. The van der Waals surface area contributed by atoms with E-state index in [4.69, 9.17) is 9.47 Å². The minimum Gasteiger partial charge on any atom is -0.376 e. The molecule has 0 spiro atoms. The smallest absolute Gasteiger partial charge is 0.257 e. The zero-order valence-corrected chi connectivity index (χ0v) is 13.1. The fourth-order valence-corrected chi connectivity index (χ4v) is 3.25. The Balaban J connectivity index is 1.72. The number of nitrogens with zero attached hydrogens (tertiary/aromatic N) is 2. The van der Waals surface area contributed by atoms with Crippen molar-refractivity contribution in [3.63, 3.8) is 0 Å². The highest BCUT2D eigenvalue weighted by atomic mass is 32.1. The van der Waals surface area contributed by atoms with E-state index in [0.29, 0.717) is 19.0 Å². The summed E-state index contributed by atoms with van der Waals surface area (Å²) in [5.74, 6) is 0.440. The number of carbonyl (C=O) groups excluding carboxylic acids is 1. The van der Waals surface area contributed by atoms with Gasteiger partial charge in [-0.15, -0.1) is 11.3 Å². The van der Waals surface area contributed by atoms with Gasteiger partial charge in [-0.2, -0.15) is 0 Å². The minimum atomic E-state index is -0.589. The van der Waals surface area contributed by atoms with Crippen LogP contribution in [-0.2, 0) is 14.3 Å². The molecule has 1 amide bonds. The summed E-state index contributed by atoms with van der Waals surface area (Å²) < 4.78 is 12.6. The highest BCUT2D eigenvalue weighted by molar-refractivity contribution is 7.13. The molecule has 0 saturated carbocycles. The normalized spacial score (nSPS) is 18.2. The van der Waals surface area contributed by atoms with Crippen molar-refractivity contribution in [1.29, 1.82) is 0 Å². The monoisotopic (exact) mass is 329 g/mol.